The Bertz CT molecular complexity index is 457. The van der Waals surface area contributed by atoms with E-state index in [1.54, 1.807) is 12.1 Å². The van der Waals surface area contributed by atoms with Crippen molar-refractivity contribution < 1.29 is 9.18 Å². The fourth-order valence-corrected chi connectivity index (χ4v) is 2.52. The van der Waals surface area contributed by atoms with Crippen LogP contribution in [0.5, 0.6) is 0 Å². The van der Waals surface area contributed by atoms with Gasteiger partial charge < -0.3 is 5.32 Å². The van der Waals surface area contributed by atoms with Crippen LogP contribution in [0.25, 0.3) is 0 Å². The van der Waals surface area contributed by atoms with Gasteiger partial charge in [-0.2, -0.15) is 0 Å². The number of carbonyl (C=O) groups excluding carboxylic acids is 1. The smallest absolute Gasteiger partial charge is 0.223 e. The largest absolute Gasteiger partial charge is 0.349 e. The fourth-order valence-electron chi connectivity index (χ4n) is 2.52. The SMILES string of the molecule is CC(C)(C)C[C@@H](NC(=O)C1CCC1)c1ccc(F)cc1. The molecule has 0 saturated heterocycles. The Balaban J connectivity index is 2.11. The summed E-state index contributed by atoms with van der Waals surface area (Å²) >= 11 is 0. The van der Waals surface area contributed by atoms with Gasteiger partial charge in [-0.25, -0.2) is 4.39 Å². The van der Waals surface area contributed by atoms with Gasteiger partial charge in [-0.15, -0.1) is 0 Å². The van der Waals surface area contributed by atoms with Crippen molar-refractivity contribution >= 4 is 5.91 Å². The van der Waals surface area contributed by atoms with E-state index >= 15 is 0 Å². The summed E-state index contributed by atoms with van der Waals surface area (Å²) in [5.74, 6) is 0.0846. The average molecular weight is 277 g/mol. The summed E-state index contributed by atoms with van der Waals surface area (Å²) in [4.78, 5) is 12.2. The van der Waals surface area contributed by atoms with Gasteiger partial charge in [-0.1, -0.05) is 39.3 Å². The van der Waals surface area contributed by atoms with E-state index in [0.717, 1.165) is 31.2 Å². The summed E-state index contributed by atoms with van der Waals surface area (Å²) < 4.78 is 13.1. The van der Waals surface area contributed by atoms with Crippen molar-refractivity contribution in [2.45, 2.75) is 52.5 Å². The van der Waals surface area contributed by atoms with Crippen molar-refractivity contribution in [3.63, 3.8) is 0 Å². The molecule has 1 fully saturated rings. The van der Waals surface area contributed by atoms with Crippen LogP contribution in [0.3, 0.4) is 0 Å². The lowest BCUT2D eigenvalue weighted by Crippen LogP contribution is -2.38. The molecule has 0 spiro atoms. The van der Waals surface area contributed by atoms with Crippen molar-refractivity contribution in [1.29, 1.82) is 0 Å². The molecular formula is C17H24FNO. The molecule has 0 aliphatic heterocycles. The van der Waals surface area contributed by atoms with Crippen LogP contribution in [0.2, 0.25) is 0 Å². The van der Waals surface area contributed by atoms with Gasteiger partial charge in [0.1, 0.15) is 5.82 Å². The summed E-state index contributed by atoms with van der Waals surface area (Å²) in [5.41, 5.74) is 1.08. The summed E-state index contributed by atoms with van der Waals surface area (Å²) in [7, 11) is 0. The zero-order chi connectivity index (χ0) is 14.8. The first-order chi connectivity index (χ1) is 9.35. The second-order valence-corrected chi connectivity index (χ2v) is 7.01. The predicted molar refractivity (Wildman–Crippen MR) is 78.7 cm³/mol. The van der Waals surface area contributed by atoms with E-state index in [-0.39, 0.29) is 29.1 Å². The molecule has 0 unspecified atom stereocenters. The standard InChI is InChI=1S/C17H24FNO/c1-17(2,3)11-15(12-7-9-14(18)10-8-12)19-16(20)13-5-4-6-13/h7-10,13,15H,4-6,11H2,1-3H3,(H,19,20)/t15-/m1/s1. The minimum Gasteiger partial charge on any atom is -0.349 e. The molecule has 1 aromatic carbocycles. The molecule has 0 aromatic heterocycles. The molecule has 1 amide bonds. The molecule has 2 rings (SSSR count). The molecule has 2 nitrogen and oxygen atoms in total. The number of amides is 1. The Kier molecular flexibility index (Phi) is 4.46. The van der Waals surface area contributed by atoms with Crippen LogP contribution in [0.1, 0.15) is 58.1 Å². The first-order valence-electron chi connectivity index (χ1n) is 7.41. The van der Waals surface area contributed by atoms with E-state index in [2.05, 4.69) is 26.1 Å². The van der Waals surface area contributed by atoms with E-state index in [0.29, 0.717) is 0 Å². The second-order valence-electron chi connectivity index (χ2n) is 7.01. The van der Waals surface area contributed by atoms with Crippen LogP contribution in [0, 0.1) is 17.2 Å². The second kappa shape index (κ2) is 5.94. The maximum absolute atomic E-state index is 13.1. The molecule has 1 N–H and O–H groups in total. The molecular weight excluding hydrogens is 253 g/mol. The maximum atomic E-state index is 13.1. The third kappa shape index (κ3) is 4.06. The number of hydrogen-bond donors (Lipinski definition) is 1. The molecule has 1 aliphatic rings. The van der Waals surface area contributed by atoms with Gasteiger partial charge in [0.05, 0.1) is 6.04 Å². The highest BCUT2D eigenvalue weighted by Gasteiger charge is 2.29. The van der Waals surface area contributed by atoms with Gasteiger partial charge >= 0.3 is 0 Å². The summed E-state index contributed by atoms with van der Waals surface area (Å²) in [6.45, 7) is 6.46. The van der Waals surface area contributed by atoms with Crippen LogP contribution in [0.4, 0.5) is 4.39 Å². The van der Waals surface area contributed by atoms with Gasteiger partial charge in [0.2, 0.25) is 5.91 Å². The Labute approximate surface area is 120 Å². The average Bonchev–Trinajstić information content (AvgIpc) is 2.24. The number of carbonyl (C=O) groups is 1. The zero-order valence-electron chi connectivity index (χ0n) is 12.6. The van der Waals surface area contributed by atoms with Crippen LogP contribution in [0.15, 0.2) is 24.3 Å². The lowest BCUT2D eigenvalue weighted by atomic mass is 9.82. The van der Waals surface area contributed by atoms with Gasteiger partial charge in [0, 0.05) is 5.92 Å². The zero-order valence-corrected chi connectivity index (χ0v) is 12.6. The Morgan fingerprint density at radius 3 is 2.35 bits per heavy atom. The van der Waals surface area contributed by atoms with Crippen molar-refractivity contribution in [2.75, 3.05) is 0 Å². The van der Waals surface area contributed by atoms with Crippen LogP contribution in [-0.2, 0) is 4.79 Å². The lowest BCUT2D eigenvalue weighted by molar-refractivity contribution is -0.128. The summed E-state index contributed by atoms with van der Waals surface area (Å²) in [5, 5.41) is 3.15. The molecule has 0 bridgehead atoms. The first kappa shape index (κ1) is 15.0. The van der Waals surface area contributed by atoms with Gasteiger partial charge in [-0.05, 0) is 42.4 Å². The third-order valence-corrected chi connectivity index (χ3v) is 3.88. The summed E-state index contributed by atoms with van der Waals surface area (Å²) in [6.07, 6.45) is 3.99. The highest BCUT2D eigenvalue weighted by atomic mass is 19.1. The van der Waals surface area contributed by atoms with Crippen molar-refractivity contribution in [3.05, 3.63) is 35.6 Å². The normalized spacial score (nSPS) is 17.4. The molecule has 1 aliphatic carbocycles. The lowest BCUT2D eigenvalue weighted by Gasteiger charge is -2.31. The number of benzene rings is 1. The molecule has 0 heterocycles. The number of halogens is 1. The van der Waals surface area contributed by atoms with E-state index in [4.69, 9.17) is 0 Å². The van der Waals surface area contributed by atoms with E-state index in [9.17, 15) is 9.18 Å². The monoisotopic (exact) mass is 277 g/mol. The predicted octanol–water partition coefficient (Wildman–Crippen LogP) is 4.22. The third-order valence-electron chi connectivity index (χ3n) is 3.88. The van der Waals surface area contributed by atoms with Gasteiger partial charge in [-0.3, -0.25) is 4.79 Å². The van der Waals surface area contributed by atoms with Crippen molar-refractivity contribution in [3.8, 4) is 0 Å². The molecule has 3 heteroatoms. The van der Waals surface area contributed by atoms with Crippen LogP contribution in [-0.4, -0.2) is 5.91 Å². The highest BCUT2D eigenvalue weighted by Crippen LogP contribution is 2.32. The number of hydrogen-bond acceptors (Lipinski definition) is 1. The minimum atomic E-state index is -0.242. The Morgan fingerprint density at radius 2 is 1.90 bits per heavy atom. The molecule has 0 radical (unpaired) electrons. The van der Waals surface area contributed by atoms with Crippen LogP contribution >= 0.6 is 0 Å². The van der Waals surface area contributed by atoms with E-state index in [1.807, 2.05) is 0 Å². The Morgan fingerprint density at radius 1 is 1.30 bits per heavy atom. The minimum absolute atomic E-state index is 0.0382. The van der Waals surface area contributed by atoms with Crippen LogP contribution < -0.4 is 5.32 Å². The van der Waals surface area contributed by atoms with Gasteiger partial charge in [0.15, 0.2) is 0 Å². The van der Waals surface area contributed by atoms with E-state index in [1.165, 1.54) is 12.1 Å². The van der Waals surface area contributed by atoms with Gasteiger partial charge in [0.25, 0.3) is 0 Å². The molecule has 1 aromatic rings. The molecule has 1 atom stereocenters. The molecule has 110 valence electrons. The summed E-state index contributed by atoms with van der Waals surface area (Å²) in [6, 6.07) is 6.42. The fraction of sp³-hybridized carbons (Fsp3) is 0.588. The number of nitrogens with one attached hydrogen (secondary N) is 1. The van der Waals surface area contributed by atoms with Crippen molar-refractivity contribution in [1.82, 2.24) is 5.32 Å². The topological polar surface area (TPSA) is 29.1 Å². The number of rotatable bonds is 4. The highest BCUT2D eigenvalue weighted by molar-refractivity contribution is 5.79. The molecule has 1 saturated carbocycles. The van der Waals surface area contributed by atoms with E-state index < -0.39 is 0 Å². The Hall–Kier alpha value is -1.38. The first-order valence-corrected chi connectivity index (χ1v) is 7.41. The maximum Gasteiger partial charge on any atom is 0.223 e. The quantitative estimate of drug-likeness (QED) is 0.877. The van der Waals surface area contributed by atoms with Crippen molar-refractivity contribution in [2.24, 2.45) is 11.3 Å². The molecule has 20 heavy (non-hydrogen) atoms.